The van der Waals surface area contributed by atoms with E-state index in [0.29, 0.717) is 21.3 Å². The minimum Gasteiger partial charge on any atom is -0.386 e. The summed E-state index contributed by atoms with van der Waals surface area (Å²) >= 11 is 12.2. The summed E-state index contributed by atoms with van der Waals surface area (Å²) in [5.41, 5.74) is 6.77. The lowest BCUT2D eigenvalue weighted by Crippen LogP contribution is -2.39. The number of benzene rings is 1. The molecule has 5 rings (SSSR count). The van der Waals surface area contributed by atoms with Crippen LogP contribution >= 0.6 is 30.1 Å². The zero-order valence-corrected chi connectivity index (χ0v) is 18.3. The predicted molar refractivity (Wildman–Crippen MR) is 113 cm³/mol. The third-order valence-electron chi connectivity index (χ3n) is 4.72. The van der Waals surface area contributed by atoms with Gasteiger partial charge >= 0.3 is 6.72 Å². The van der Waals surface area contributed by atoms with Gasteiger partial charge in [0.1, 0.15) is 24.6 Å². The Labute approximate surface area is 184 Å². The fraction of sp³-hybridized carbons (Fsp3) is 0.312. The molecule has 1 aromatic carbocycles. The lowest BCUT2D eigenvalue weighted by Gasteiger charge is -2.30. The summed E-state index contributed by atoms with van der Waals surface area (Å²) in [5, 5.41) is 12.0. The van der Waals surface area contributed by atoms with Gasteiger partial charge in [0.15, 0.2) is 28.4 Å². The summed E-state index contributed by atoms with van der Waals surface area (Å²) in [6, 6.07) is 7.21. The number of halogens is 1. The first kappa shape index (κ1) is 20.6. The second-order valence-corrected chi connectivity index (χ2v) is 10.9. The summed E-state index contributed by atoms with van der Waals surface area (Å²) < 4.78 is 18.2. The number of rotatable bonds is 3. The standard InChI is InChI=1S/C16H15ClN5O5PS2/c17-7-1-3-8(4-2-7)30-16-21-10-13(18)19-6-20-14(10)22(16)15-11(23)12-9(26-15)5-25-28(24,29)27-12/h1-4,6,9,11-12,15,23H,5H2,(H,24,29)(H2,18,19,20)/t9-,11+,12+,15+,28?/m1/s1. The van der Waals surface area contributed by atoms with E-state index in [1.807, 2.05) is 12.1 Å². The van der Waals surface area contributed by atoms with Crippen molar-refractivity contribution in [1.29, 1.82) is 0 Å². The van der Waals surface area contributed by atoms with Crippen molar-refractivity contribution in [2.45, 2.75) is 34.6 Å². The summed E-state index contributed by atoms with van der Waals surface area (Å²) in [6.45, 7) is -3.41. The minimum absolute atomic E-state index is 0.00934. The van der Waals surface area contributed by atoms with Crippen LogP contribution in [0.3, 0.4) is 0 Å². The van der Waals surface area contributed by atoms with Crippen molar-refractivity contribution >= 4 is 58.9 Å². The van der Waals surface area contributed by atoms with Crippen molar-refractivity contribution in [1.82, 2.24) is 19.5 Å². The van der Waals surface area contributed by atoms with Gasteiger partial charge in [-0.25, -0.2) is 15.0 Å². The number of aliphatic hydroxyl groups excluding tert-OH is 1. The highest BCUT2D eigenvalue weighted by molar-refractivity contribution is 8.07. The quantitative estimate of drug-likeness (QED) is 0.468. The van der Waals surface area contributed by atoms with Gasteiger partial charge in [0.05, 0.1) is 6.61 Å². The first-order chi connectivity index (χ1) is 14.3. The van der Waals surface area contributed by atoms with Crippen LogP contribution in [0.5, 0.6) is 0 Å². The zero-order valence-electron chi connectivity index (χ0n) is 15.0. The normalized spacial score (nSPS) is 31.2. The van der Waals surface area contributed by atoms with Crippen LogP contribution in [0.4, 0.5) is 5.82 Å². The molecule has 2 fully saturated rings. The van der Waals surface area contributed by atoms with Gasteiger partial charge in [-0.15, -0.1) is 0 Å². The fourth-order valence-electron chi connectivity index (χ4n) is 3.36. The van der Waals surface area contributed by atoms with Gasteiger partial charge in [-0.3, -0.25) is 9.09 Å². The Kier molecular flexibility index (Phi) is 5.25. The van der Waals surface area contributed by atoms with Gasteiger partial charge in [0, 0.05) is 9.92 Å². The molecule has 10 nitrogen and oxygen atoms in total. The number of aliphatic hydroxyl groups is 1. The van der Waals surface area contributed by atoms with Crippen molar-refractivity contribution in [2.24, 2.45) is 0 Å². The molecule has 5 atom stereocenters. The van der Waals surface area contributed by atoms with Crippen LogP contribution in [0.25, 0.3) is 11.2 Å². The average Bonchev–Trinajstić information content (AvgIpc) is 3.21. The van der Waals surface area contributed by atoms with E-state index in [1.165, 1.54) is 18.1 Å². The average molecular weight is 488 g/mol. The predicted octanol–water partition coefficient (Wildman–Crippen LogP) is 2.10. The summed E-state index contributed by atoms with van der Waals surface area (Å²) in [6.07, 6.45) is -2.20. The number of hydrogen-bond donors (Lipinski definition) is 3. The number of nitrogens with two attached hydrogens (primary N) is 1. The highest BCUT2D eigenvalue weighted by atomic mass is 35.5. The van der Waals surface area contributed by atoms with Crippen molar-refractivity contribution in [3.8, 4) is 0 Å². The molecule has 4 heterocycles. The summed E-state index contributed by atoms with van der Waals surface area (Å²) in [5.74, 6) is 0.201. The Morgan fingerprint density at radius 1 is 1.30 bits per heavy atom. The molecule has 14 heteroatoms. The first-order valence-corrected chi connectivity index (χ1v) is 12.5. The lowest BCUT2D eigenvalue weighted by atomic mass is 10.1. The minimum atomic E-state index is -3.42. The van der Waals surface area contributed by atoms with Crippen LogP contribution in [0.1, 0.15) is 6.23 Å². The highest BCUT2D eigenvalue weighted by Gasteiger charge is 2.51. The zero-order chi connectivity index (χ0) is 21.0. The molecular formula is C16H15ClN5O5PS2. The molecule has 2 aromatic heterocycles. The third-order valence-corrected chi connectivity index (χ3v) is 7.51. The molecule has 0 amide bonds. The molecule has 0 radical (unpaired) electrons. The van der Waals surface area contributed by atoms with Gasteiger partial charge in [-0.05, 0) is 36.1 Å². The molecule has 2 aliphatic rings. The summed E-state index contributed by atoms with van der Waals surface area (Å²) in [7, 11) is 0. The van der Waals surface area contributed by atoms with E-state index in [-0.39, 0.29) is 12.4 Å². The molecule has 0 spiro atoms. The topological polar surface area (TPSA) is 138 Å². The van der Waals surface area contributed by atoms with Crippen molar-refractivity contribution in [2.75, 3.05) is 12.3 Å². The second kappa shape index (κ2) is 7.66. The molecule has 0 saturated carbocycles. The monoisotopic (exact) mass is 487 g/mol. The maximum absolute atomic E-state index is 10.9. The first-order valence-electron chi connectivity index (χ1n) is 8.73. The van der Waals surface area contributed by atoms with Crippen LogP contribution in [-0.4, -0.2) is 54.4 Å². The van der Waals surface area contributed by atoms with E-state index < -0.39 is 31.3 Å². The van der Waals surface area contributed by atoms with E-state index in [1.54, 1.807) is 16.7 Å². The van der Waals surface area contributed by atoms with E-state index in [4.69, 9.17) is 42.9 Å². The van der Waals surface area contributed by atoms with Gasteiger partial charge in [-0.2, -0.15) is 0 Å². The van der Waals surface area contributed by atoms with Crippen molar-refractivity contribution in [3.63, 3.8) is 0 Å². The Morgan fingerprint density at radius 2 is 2.07 bits per heavy atom. The van der Waals surface area contributed by atoms with Crippen LogP contribution in [0.2, 0.25) is 5.02 Å². The number of fused-ring (bicyclic) bond motifs is 2. The molecule has 0 aliphatic carbocycles. The highest BCUT2D eigenvalue weighted by Crippen LogP contribution is 2.53. The molecule has 2 aliphatic heterocycles. The van der Waals surface area contributed by atoms with Gasteiger partial charge < -0.3 is 25.0 Å². The summed E-state index contributed by atoms with van der Waals surface area (Å²) in [4.78, 5) is 23.7. The van der Waals surface area contributed by atoms with Crippen molar-refractivity contribution in [3.05, 3.63) is 35.6 Å². The van der Waals surface area contributed by atoms with Crippen LogP contribution in [0, 0.1) is 0 Å². The van der Waals surface area contributed by atoms with E-state index in [0.717, 1.165) is 4.90 Å². The SMILES string of the molecule is Nc1ncnc2c1nc(Sc1ccc(Cl)cc1)n2[C@H]1O[C@@H]2COP(O)(=S)O[C@@H]2[C@@H]1O. The number of ether oxygens (including phenoxy) is 1. The van der Waals surface area contributed by atoms with Gasteiger partial charge in [0.2, 0.25) is 0 Å². The molecule has 2 saturated heterocycles. The van der Waals surface area contributed by atoms with Crippen LogP contribution in [0.15, 0.2) is 40.6 Å². The lowest BCUT2D eigenvalue weighted by molar-refractivity contribution is -0.0619. The van der Waals surface area contributed by atoms with E-state index in [9.17, 15) is 10.00 Å². The van der Waals surface area contributed by atoms with Crippen LogP contribution in [-0.2, 0) is 25.6 Å². The van der Waals surface area contributed by atoms with Crippen molar-refractivity contribution < 1.29 is 23.8 Å². The molecule has 1 unspecified atom stereocenters. The third kappa shape index (κ3) is 3.62. The van der Waals surface area contributed by atoms with E-state index >= 15 is 0 Å². The molecular weight excluding hydrogens is 473 g/mol. The maximum atomic E-state index is 10.9. The Hall–Kier alpha value is -1.34. The second-order valence-electron chi connectivity index (χ2n) is 6.64. The number of aromatic nitrogens is 4. The Morgan fingerprint density at radius 3 is 2.83 bits per heavy atom. The number of imidazole rings is 1. The van der Waals surface area contributed by atoms with Gasteiger partial charge in [-0.1, -0.05) is 23.4 Å². The fourth-order valence-corrected chi connectivity index (χ4v) is 5.84. The number of nitrogens with zero attached hydrogens (tertiary/aromatic N) is 4. The number of nitrogen functional groups attached to an aromatic ring is 1. The molecule has 158 valence electrons. The molecule has 4 N–H and O–H groups in total. The smallest absolute Gasteiger partial charge is 0.325 e. The molecule has 30 heavy (non-hydrogen) atoms. The van der Waals surface area contributed by atoms with Crippen LogP contribution < -0.4 is 5.73 Å². The molecule has 3 aromatic rings. The van der Waals surface area contributed by atoms with E-state index in [2.05, 4.69) is 15.0 Å². The molecule has 0 bridgehead atoms. The Balaban J connectivity index is 1.58. The number of anilines is 1. The maximum Gasteiger partial charge on any atom is 0.325 e. The van der Waals surface area contributed by atoms with Gasteiger partial charge in [0.25, 0.3) is 0 Å². The Bertz CT molecular complexity index is 1160. The number of hydrogen-bond acceptors (Lipinski definition) is 10. The largest absolute Gasteiger partial charge is 0.386 e.